The van der Waals surface area contributed by atoms with E-state index in [1.165, 1.54) is 66.7 Å². The number of ether oxygens (including phenoxy) is 1. The largest absolute Gasteiger partial charge is 0.481 e. The first-order valence-electron chi connectivity index (χ1n) is 12.4. The Kier molecular flexibility index (Phi) is 7.66. The van der Waals surface area contributed by atoms with Gasteiger partial charge in [0.05, 0.1) is 32.5 Å². The molecule has 216 valence electrons. The van der Waals surface area contributed by atoms with E-state index in [1.807, 2.05) is 0 Å². The summed E-state index contributed by atoms with van der Waals surface area (Å²) in [5, 5.41) is 27.0. The molecule has 43 heavy (non-hydrogen) atoms. The van der Waals surface area contributed by atoms with Crippen LogP contribution in [0.15, 0.2) is 101 Å². The fraction of sp³-hybridized carbons (Fsp3) is 0.0690. The maximum Gasteiger partial charge on any atom is 0.416 e. The van der Waals surface area contributed by atoms with Crippen LogP contribution in [0.3, 0.4) is 0 Å². The number of hydrogen-bond donors (Lipinski definition) is 0. The number of rotatable bonds is 8. The Morgan fingerprint density at radius 2 is 1.63 bits per heavy atom. The molecule has 11 nitrogen and oxygen atoms in total. The van der Waals surface area contributed by atoms with Gasteiger partial charge in [0.2, 0.25) is 5.75 Å². The van der Waals surface area contributed by atoms with E-state index in [0.29, 0.717) is 5.56 Å². The molecule has 14 heteroatoms. The molecule has 5 aromatic rings. The summed E-state index contributed by atoms with van der Waals surface area (Å²) in [5.41, 5.74) is -1.46. The number of alkyl halides is 3. The van der Waals surface area contributed by atoms with Gasteiger partial charge < -0.3 is 4.74 Å². The van der Waals surface area contributed by atoms with E-state index in [2.05, 4.69) is 10.1 Å². The summed E-state index contributed by atoms with van der Waals surface area (Å²) in [7, 11) is 0. The van der Waals surface area contributed by atoms with Crippen molar-refractivity contribution in [2.75, 3.05) is 0 Å². The van der Waals surface area contributed by atoms with Crippen molar-refractivity contribution in [3.8, 4) is 17.1 Å². The fourth-order valence-corrected chi connectivity index (χ4v) is 4.19. The lowest BCUT2D eigenvalue weighted by molar-refractivity contribution is -0.386. The highest BCUT2D eigenvalue weighted by Gasteiger charge is 2.31. The smallest absolute Gasteiger partial charge is 0.416 e. The van der Waals surface area contributed by atoms with E-state index < -0.39 is 32.8 Å². The summed E-state index contributed by atoms with van der Waals surface area (Å²) >= 11 is 0. The minimum atomic E-state index is -4.65. The van der Waals surface area contributed by atoms with E-state index in [0.717, 1.165) is 23.0 Å². The molecule has 0 aliphatic heterocycles. The SMILES string of the molecule is O=c1c2ccccc2nc(-c2cccc(C(F)(F)F)c2)n1N=Cc1cccc([N+](=O)[O-])c1OCc1ccc([N+](=O)[O-])cc1. The number of hydrogen-bond acceptors (Lipinski definition) is 8. The molecule has 0 amide bonds. The molecule has 1 heterocycles. The lowest BCUT2D eigenvalue weighted by Gasteiger charge is -2.12. The van der Waals surface area contributed by atoms with Crippen LogP contribution >= 0.6 is 0 Å². The van der Waals surface area contributed by atoms with Crippen molar-refractivity contribution < 1.29 is 27.8 Å². The maximum absolute atomic E-state index is 13.5. The monoisotopic (exact) mass is 589 g/mol. The van der Waals surface area contributed by atoms with Gasteiger partial charge in [0.25, 0.3) is 11.2 Å². The first kappa shape index (κ1) is 28.6. The molecule has 0 saturated heterocycles. The number of aromatic nitrogens is 2. The third kappa shape index (κ3) is 6.07. The van der Waals surface area contributed by atoms with Gasteiger partial charge >= 0.3 is 11.9 Å². The van der Waals surface area contributed by atoms with Crippen LogP contribution in [0.25, 0.3) is 22.3 Å². The Balaban J connectivity index is 1.60. The summed E-state index contributed by atoms with van der Waals surface area (Å²) in [5.74, 6) is -0.401. The summed E-state index contributed by atoms with van der Waals surface area (Å²) in [6, 6.07) is 19.9. The highest BCUT2D eigenvalue weighted by molar-refractivity contribution is 5.86. The predicted molar refractivity (Wildman–Crippen MR) is 150 cm³/mol. The number of fused-ring (bicyclic) bond motifs is 1. The number of nitro benzene ring substituents is 2. The third-order valence-corrected chi connectivity index (χ3v) is 6.27. The number of nitro groups is 2. The zero-order chi connectivity index (χ0) is 30.7. The van der Waals surface area contributed by atoms with Crippen LogP contribution in [-0.4, -0.2) is 25.7 Å². The van der Waals surface area contributed by atoms with Crippen LogP contribution in [0.5, 0.6) is 5.75 Å². The molecule has 0 unspecified atom stereocenters. The molecule has 0 atom stereocenters. The summed E-state index contributed by atoms with van der Waals surface area (Å²) in [6.07, 6.45) is -3.55. The average Bonchev–Trinajstić information content (AvgIpc) is 2.99. The van der Waals surface area contributed by atoms with E-state index in [1.54, 1.807) is 12.1 Å². The normalized spacial score (nSPS) is 11.6. The lowest BCUT2D eigenvalue weighted by atomic mass is 10.1. The topological polar surface area (TPSA) is 143 Å². The molecule has 0 aliphatic carbocycles. The van der Waals surface area contributed by atoms with Gasteiger partial charge in [0, 0.05) is 29.3 Å². The highest BCUT2D eigenvalue weighted by Crippen LogP contribution is 2.33. The van der Waals surface area contributed by atoms with Crippen molar-refractivity contribution in [1.82, 2.24) is 9.66 Å². The van der Waals surface area contributed by atoms with Gasteiger partial charge in [-0.25, -0.2) is 4.98 Å². The van der Waals surface area contributed by atoms with Gasteiger partial charge in [-0.1, -0.05) is 30.3 Å². The summed E-state index contributed by atoms with van der Waals surface area (Å²) in [6.45, 7) is -0.198. The van der Waals surface area contributed by atoms with Crippen molar-refractivity contribution in [2.24, 2.45) is 5.10 Å². The molecule has 0 spiro atoms. The minimum absolute atomic E-state index is 0.0384. The van der Waals surface area contributed by atoms with Gasteiger partial charge in [0.15, 0.2) is 5.82 Å². The average molecular weight is 589 g/mol. The lowest BCUT2D eigenvalue weighted by Crippen LogP contribution is -2.20. The van der Waals surface area contributed by atoms with Crippen LogP contribution in [0.1, 0.15) is 16.7 Å². The molecule has 0 radical (unpaired) electrons. The second-order valence-electron chi connectivity index (χ2n) is 9.06. The quantitative estimate of drug-likeness (QED) is 0.116. The number of non-ortho nitro benzene ring substituents is 1. The first-order valence-corrected chi connectivity index (χ1v) is 12.4. The molecular formula is C29H18F3N5O6. The zero-order valence-electron chi connectivity index (χ0n) is 21.8. The van der Waals surface area contributed by atoms with Crippen molar-refractivity contribution >= 4 is 28.5 Å². The standard InChI is InChI=1S/C29H18F3N5O6/c30-29(31,32)21-7-3-5-19(15-21)27-34-24-9-2-1-8-23(24)28(38)35(27)33-16-20-6-4-10-25(37(41)42)26(20)43-17-18-11-13-22(14-12-18)36(39)40/h1-16H,17H2. The van der Waals surface area contributed by atoms with Gasteiger partial charge in [0.1, 0.15) is 6.61 Å². The predicted octanol–water partition coefficient (Wildman–Crippen LogP) is 6.36. The molecule has 4 aromatic carbocycles. The molecular weight excluding hydrogens is 571 g/mol. The van der Waals surface area contributed by atoms with Crippen molar-refractivity contribution in [3.05, 3.63) is 138 Å². The van der Waals surface area contributed by atoms with E-state index in [-0.39, 0.29) is 45.9 Å². The number of benzene rings is 4. The molecule has 5 rings (SSSR count). The highest BCUT2D eigenvalue weighted by atomic mass is 19.4. The van der Waals surface area contributed by atoms with Gasteiger partial charge in [-0.2, -0.15) is 22.9 Å². The van der Waals surface area contributed by atoms with Crippen LogP contribution in [0.2, 0.25) is 0 Å². The second-order valence-corrected chi connectivity index (χ2v) is 9.06. The van der Waals surface area contributed by atoms with E-state index >= 15 is 0 Å². The summed E-state index contributed by atoms with van der Waals surface area (Å²) < 4.78 is 47.0. The Hall–Kier alpha value is -5.92. The molecule has 1 aromatic heterocycles. The maximum atomic E-state index is 13.5. The van der Waals surface area contributed by atoms with E-state index in [4.69, 9.17) is 4.74 Å². The molecule has 0 N–H and O–H groups in total. The molecule has 0 fully saturated rings. The Morgan fingerprint density at radius 3 is 2.33 bits per heavy atom. The molecule has 0 aliphatic rings. The number of halogens is 3. The third-order valence-electron chi connectivity index (χ3n) is 6.27. The number of nitrogens with zero attached hydrogens (tertiary/aromatic N) is 5. The van der Waals surface area contributed by atoms with Crippen LogP contribution in [-0.2, 0) is 12.8 Å². The van der Waals surface area contributed by atoms with Crippen LogP contribution in [0.4, 0.5) is 24.5 Å². The Labute approximate surface area is 239 Å². The van der Waals surface area contributed by atoms with Crippen LogP contribution in [0, 0.1) is 20.2 Å². The Bertz CT molecular complexity index is 1960. The minimum Gasteiger partial charge on any atom is -0.481 e. The number of para-hydroxylation sites is 2. The second kappa shape index (κ2) is 11.5. The summed E-state index contributed by atoms with van der Waals surface area (Å²) in [4.78, 5) is 39.3. The Morgan fingerprint density at radius 1 is 0.907 bits per heavy atom. The van der Waals surface area contributed by atoms with Crippen molar-refractivity contribution in [2.45, 2.75) is 12.8 Å². The zero-order valence-corrected chi connectivity index (χ0v) is 21.8. The van der Waals surface area contributed by atoms with Gasteiger partial charge in [-0.15, -0.1) is 0 Å². The molecule has 0 bridgehead atoms. The van der Waals surface area contributed by atoms with Crippen molar-refractivity contribution in [1.29, 1.82) is 0 Å². The van der Waals surface area contributed by atoms with E-state index in [9.17, 15) is 38.2 Å². The van der Waals surface area contributed by atoms with Crippen molar-refractivity contribution in [3.63, 3.8) is 0 Å². The first-order chi connectivity index (χ1) is 20.5. The molecule has 0 saturated carbocycles. The van der Waals surface area contributed by atoms with Gasteiger partial charge in [-0.05, 0) is 48.0 Å². The van der Waals surface area contributed by atoms with Crippen LogP contribution < -0.4 is 10.3 Å². The van der Waals surface area contributed by atoms with Gasteiger partial charge in [-0.3, -0.25) is 25.0 Å². The fourth-order valence-electron chi connectivity index (χ4n) is 4.19.